The fourth-order valence-corrected chi connectivity index (χ4v) is 2.60. The lowest BCUT2D eigenvalue weighted by Crippen LogP contribution is -2.23. The van der Waals surface area contributed by atoms with Crippen LogP contribution in [-0.2, 0) is 11.3 Å². The van der Waals surface area contributed by atoms with Crippen molar-refractivity contribution >= 4 is 44.5 Å². The van der Waals surface area contributed by atoms with Gasteiger partial charge in [-0.3, -0.25) is 4.79 Å². The number of hydrogen-bond donors (Lipinski definition) is 0. The molecule has 1 aromatic carbocycles. The van der Waals surface area contributed by atoms with Crippen LogP contribution in [0, 0.1) is 0 Å². The van der Waals surface area contributed by atoms with Crippen molar-refractivity contribution in [3.05, 3.63) is 28.5 Å². The maximum atomic E-state index is 11.8. The van der Waals surface area contributed by atoms with E-state index in [4.69, 9.17) is 11.6 Å². The smallest absolute Gasteiger partial charge is 0.223 e. The van der Waals surface area contributed by atoms with Gasteiger partial charge in [0.1, 0.15) is 5.82 Å². The highest BCUT2D eigenvalue weighted by Crippen LogP contribution is 2.27. The number of carbonyl (C=O) groups is 1. The van der Waals surface area contributed by atoms with Gasteiger partial charge < -0.3 is 9.47 Å². The molecule has 1 aromatic heterocycles. The van der Waals surface area contributed by atoms with E-state index >= 15 is 0 Å². The normalized spacial score (nSPS) is 12.7. The molecule has 0 radical (unpaired) electrons. The summed E-state index contributed by atoms with van der Waals surface area (Å²) in [6.07, 6.45) is 0.432. The minimum Gasteiger partial charge on any atom is -0.349 e. The molecule has 0 saturated carbocycles. The molecule has 0 aliphatic heterocycles. The lowest BCUT2D eigenvalue weighted by molar-refractivity contribution is -0.128. The van der Waals surface area contributed by atoms with Crippen molar-refractivity contribution in [3.63, 3.8) is 0 Å². The van der Waals surface area contributed by atoms with E-state index in [1.165, 1.54) is 0 Å². The third kappa shape index (κ3) is 3.15. The molecule has 20 heavy (non-hydrogen) atoms. The van der Waals surface area contributed by atoms with Gasteiger partial charge in [0.05, 0.1) is 16.4 Å². The number of alkyl halides is 1. The molecular weight excluding hydrogens is 342 g/mol. The van der Waals surface area contributed by atoms with Crippen LogP contribution in [0.25, 0.3) is 11.0 Å². The maximum absolute atomic E-state index is 11.8. The minimum absolute atomic E-state index is 0.0926. The number of rotatable bonds is 4. The number of carbonyl (C=O) groups excluding carboxylic acids is 1. The van der Waals surface area contributed by atoms with Gasteiger partial charge in [0.15, 0.2) is 0 Å². The molecule has 0 N–H and O–H groups in total. The first-order valence-corrected chi connectivity index (χ1v) is 7.63. The lowest BCUT2D eigenvalue weighted by Gasteiger charge is -2.13. The van der Waals surface area contributed by atoms with Gasteiger partial charge in [0.2, 0.25) is 5.91 Å². The Morgan fingerprint density at radius 2 is 2.20 bits per heavy atom. The second-order valence-electron chi connectivity index (χ2n) is 4.91. The molecule has 4 nitrogen and oxygen atoms in total. The zero-order valence-electron chi connectivity index (χ0n) is 11.7. The molecule has 1 amide bonds. The second kappa shape index (κ2) is 6.14. The van der Waals surface area contributed by atoms with Gasteiger partial charge in [-0.1, -0.05) is 15.9 Å². The first kappa shape index (κ1) is 15.3. The van der Waals surface area contributed by atoms with Gasteiger partial charge in [0, 0.05) is 31.5 Å². The Bertz CT molecular complexity index is 637. The van der Waals surface area contributed by atoms with Gasteiger partial charge in [0.25, 0.3) is 0 Å². The molecule has 0 aliphatic rings. The fraction of sp³-hybridized carbons (Fsp3) is 0.429. The third-order valence-electron chi connectivity index (χ3n) is 3.14. The second-order valence-corrected chi connectivity index (χ2v) is 6.48. The number of hydrogen-bond acceptors (Lipinski definition) is 2. The van der Waals surface area contributed by atoms with E-state index in [1.54, 1.807) is 19.0 Å². The molecule has 0 fully saturated rings. The van der Waals surface area contributed by atoms with Crippen LogP contribution < -0.4 is 0 Å². The average Bonchev–Trinajstić information content (AvgIpc) is 2.73. The number of nitrogens with zero attached hydrogens (tertiary/aromatic N) is 3. The largest absolute Gasteiger partial charge is 0.349 e. The molecule has 2 rings (SSSR count). The van der Waals surface area contributed by atoms with Crippen molar-refractivity contribution < 1.29 is 4.79 Å². The van der Waals surface area contributed by atoms with Crippen molar-refractivity contribution in [1.29, 1.82) is 0 Å². The van der Waals surface area contributed by atoms with Crippen LogP contribution in [0.3, 0.4) is 0 Å². The van der Waals surface area contributed by atoms with E-state index < -0.39 is 0 Å². The Morgan fingerprint density at radius 1 is 1.50 bits per heavy atom. The molecule has 0 bridgehead atoms. The van der Waals surface area contributed by atoms with E-state index in [9.17, 15) is 4.79 Å². The number of aromatic nitrogens is 2. The quantitative estimate of drug-likeness (QED) is 0.784. The number of aryl methyl sites for hydroxylation is 1. The van der Waals surface area contributed by atoms with E-state index in [0.29, 0.717) is 13.0 Å². The Morgan fingerprint density at radius 3 is 2.80 bits per heavy atom. The number of fused-ring (bicyclic) bond motifs is 1. The summed E-state index contributed by atoms with van der Waals surface area (Å²) in [6, 6.07) is 5.91. The standard InChI is InChI=1S/C14H17BrClN3O/c1-9(16)14-17-11-5-4-10(15)8-12(11)19(14)7-6-13(20)18(2)3/h4-5,8-9H,6-7H2,1-3H3. The number of halogens is 2. The number of amides is 1. The highest BCUT2D eigenvalue weighted by atomic mass is 79.9. The summed E-state index contributed by atoms with van der Waals surface area (Å²) in [4.78, 5) is 17.9. The first-order chi connectivity index (χ1) is 9.40. The predicted molar refractivity (Wildman–Crippen MR) is 85.0 cm³/mol. The van der Waals surface area contributed by atoms with Gasteiger partial charge in [-0.05, 0) is 25.1 Å². The van der Waals surface area contributed by atoms with E-state index in [0.717, 1.165) is 21.3 Å². The van der Waals surface area contributed by atoms with Crippen molar-refractivity contribution in [1.82, 2.24) is 14.5 Å². The molecule has 1 unspecified atom stereocenters. The zero-order chi connectivity index (χ0) is 14.9. The minimum atomic E-state index is -0.198. The van der Waals surface area contributed by atoms with Crippen LogP contribution in [-0.4, -0.2) is 34.5 Å². The molecule has 1 atom stereocenters. The average molecular weight is 359 g/mol. The van der Waals surface area contributed by atoms with Crippen molar-refractivity contribution in [2.24, 2.45) is 0 Å². The summed E-state index contributed by atoms with van der Waals surface area (Å²) in [5.74, 6) is 0.890. The highest BCUT2D eigenvalue weighted by Gasteiger charge is 2.16. The van der Waals surface area contributed by atoms with Crippen LogP contribution in [0.15, 0.2) is 22.7 Å². The Kier molecular flexibility index (Phi) is 4.70. The van der Waals surface area contributed by atoms with Crippen LogP contribution >= 0.6 is 27.5 Å². The summed E-state index contributed by atoms with van der Waals surface area (Å²) in [6.45, 7) is 2.47. The Labute approximate surface area is 131 Å². The molecule has 6 heteroatoms. The zero-order valence-corrected chi connectivity index (χ0v) is 14.1. The van der Waals surface area contributed by atoms with Crippen LogP contribution in [0.4, 0.5) is 0 Å². The summed E-state index contributed by atoms with van der Waals surface area (Å²) in [5.41, 5.74) is 1.89. The molecular formula is C14H17BrClN3O. The van der Waals surface area contributed by atoms with Gasteiger partial charge in [-0.2, -0.15) is 0 Å². The van der Waals surface area contributed by atoms with E-state index in [-0.39, 0.29) is 11.3 Å². The highest BCUT2D eigenvalue weighted by molar-refractivity contribution is 9.10. The lowest BCUT2D eigenvalue weighted by atomic mass is 10.3. The molecule has 1 heterocycles. The molecule has 108 valence electrons. The summed E-state index contributed by atoms with van der Waals surface area (Å²) >= 11 is 9.67. The monoisotopic (exact) mass is 357 g/mol. The summed E-state index contributed by atoms with van der Waals surface area (Å²) < 4.78 is 3.01. The van der Waals surface area contributed by atoms with Crippen molar-refractivity contribution in [2.75, 3.05) is 14.1 Å². The SMILES string of the molecule is CC(Cl)c1nc2ccc(Br)cc2n1CCC(=O)N(C)C. The van der Waals surface area contributed by atoms with Crippen molar-refractivity contribution in [2.45, 2.75) is 25.3 Å². The number of imidazole rings is 1. The predicted octanol–water partition coefficient (Wildman–Crippen LogP) is 3.58. The maximum Gasteiger partial charge on any atom is 0.223 e. The third-order valence-corrected chi connectivity index (χ3v) is 3.83. The molecule has 0 aliphatic carbocycles. The Hall–Kier alpha value is -1.07. The summed E-state index contributed by atoms with van der Waals surface area (Å²) in [7, 11) is 3.52. The fourth-order valence-electron chi connectivity index (χ4n) is 2.08. The first-order valence-electron chi connectivity index (χ1n) is 6.40. The molecule has 0 spiro atoms. The van der Waals surface area contributed by atoms with Gasteiger partial charge >= 0.3 is 0 Å². The topological polar surface area (TPSA) is 38.1 Å². The van der Waals surface area contributed by atoms with Crippen LogP contribution in [0.5, 0.6) is 0 Å². The van der Waals surface area contributed by atoms with E-state index in [2.05, 4.69) is 20.9 Å². The van der Waals surface area contributed by atoms with E-state index in [1.807, 2.05) is 29.7 Å². The summed E-state index contributed by atoms with van der Waals surface area (Å²) in [5, 5.41) is -0.198. The van der Waals surface area contributed by atoms with Crippen molar-refractivity contribution in [3.8, 4) is 0 Å². The number of benzene rings is 1. The molecule has 0 saturated heterocycles. The molecule has 2 aromatic rings. The van der Waals surface area contributed by atoms with Crippen LogP contribution in [0.1, 0.15) is 24.5 Å². The Balaban J connectivity index is 2.40. The van der Waals surface area contributed by atoms with Gasteiger partial charge in [-0.15, -0.1) is 11.6 Å². The van der Waals surface area contributed by atoms with Gasteiger partial charge in [-0.25, -0.2) is 4.98 Å². The van der Waals surface area contributed by atoms with Crippen LogP contribution in [0.2, 0.25) is 0 Å².